The third-order valence-electron chi connectivity index (χ3n) is 1.04. The standard InChI is InChI=1S/C6H10N2.2C2H6/c1-2-4-8-5-3-7-6-8;2*1-2/h3,5-6H,2,4H2,1H3;2*1-2H3. The van der Waals surface area contributed by atoms with Gasteiger partial charge in [-0.2, -0.15) is 0 Å². The van der Waals surface area contributed by atoms with Gasteiger partial charge in [0.1, 0.15) is 0 Å². The third kappa shape index (κ3) is 7.32. The van der Waals surface area contributed by atoms with Gasteiger partial charge in [0.05, 0.1) is 6.33 Å². The van der Waals surface area contributed by atoms with E-state index in [0.717, 1.165) is 6.54 Å². The van der Waals surface area contributed by atoms with E-state index in [1.54, 1.807) is 6.20 Å². The molecule has 0 aliphatic carbocycles. The highest BCUT2D eigenvalue weighted by Gasteiger charge is 1.81. The van der Waals surface area contributed by atoms with Crippen LogP contribution in [0.1, 0.15) is 41.0 Å². The molecule has 0 amide bonds. The average molecular weight is 170 g/mol. The highest BCUT2D eigenvalue weighted by molar-refractivity contribution is 4.73. The Kier molecular flexibility index (Phi) is 14.8. The van der Waals surface area contributed by atoms with Crippen LogP contribution in [0.15, 0.2) is 18.7 Å². The van der Waals surface area contributed by atoms with Crippen LogP contribution in [-0.2, 0) is 6.54 Å². The molecule has 1 aromatic rings. The van der Waals surface area contributed by atoms with Crippen LogP contribution in [0.3, 0.4) is 0 Å². The van der Waals surface area contributed by atoms with E-state index in [1.165, 1.54) is 6.42 Å². The summed E-state index contributed by atoms with van der Waals surface area (Å²) in [6.45, 7) is 11.2. The summed E-state index contributed by atoms with van der Waals surface area (Å²) in [5, 5.41) is 0. The van der Waals surface area contributed by atoms with Gasteiger partial charge < -0.3 is 4.57 Å². The molecular weight excluding hydrogens is 148 g/mol. The lowest BCUT2D eigenvalue weighted by Gasteiger charge is -1.93. The van der Waals surface area contributed by atoms with Gasteiger partial charge in [0, 0.05) is 18.9 Å². The van der Waals surface area contributed by atoms with Crippen LogP contribution in [0, 0.1) is 0 Å². The molecule has 0 atom stereocenters. The molecule has 0 saturated carbocycles. The molecule has 0 bridgehead atoms. The van der Waals surface area contributed by atoms with Gasteiger partial charge in [-0.3, -0.25) is 0 Å². The van der Waals surface area contributed by atoms with E-state index in [9.17, 15) is 0 Å². The van der Waals surface area contributed by atoms with Gasteiger partial charge in [0.2, 0.25) is 0 Å². The SMILES string of the molecule is CC.CC.CCCn1ccnc1. The monoisotopic (exact) mass is 170 g/mol. The Morgan fingerprint density at radius 1 is 1.17 bits per heavy atom. The maximum absolute atomic E-state index is 3.90. The Hall–Kier alpha value is -0.790. The van der Waals surface area contributed by atoms with Gasteiger partial charge in [-0.1, -0.05) is 34.6 Å². The zero-order valence-electron chi connectivity index (χ0n) is 9.04. The molecule has 0 spiro atoms. The summed E-state index contributed by atoms with van der Waals surface area (Å²) in [5.41, 5.74) is 0. The number of hydrogen-bond acceptors (Lipinski definition) is 1. The summed E-state index contributed by atoms with van der Waals surface area (Å²) in [4.78, 5) is 3.90. The Balaban J connectivity index is 0. The van der Waals surface area contributed by atoms with Crippen LogP contribution in [0.5, 0.6) is 0 Å². The quantitative estimate of drug-likeness (QED) is 0.665. The number of imidazole rings is 1. The minimum Gasteiger partial charge on any atom is -0.338 e. The van der Waals surface area contributed by atoms with E-state index in [2.05, 4.69) is 16.5 Å². The molecule has 1 aromatic heterocycles. The predicted octanol–water partition coefficient (Wildman–Crippen LogP) is 3.35. The van der Waals surface area contributed by atoms with Crippen LogP contribution in [0.2, 0.25) is 0 Å². The zero-order valence-corrected chi connectivity index (χ0v) is 9.04. The minimum atomic E-state index is 1.08. The van der Waals surface area contributed by atoms with Crippen molar-refractivity contribution in [2.45, 2.75) is 47.6 Å². The molecule has 0 unspecified atom stereocenters. The summed E-state index contributed by atoms with van der Waals surface area (Å²) in [5.74, 6) is 0. The number of aryl methyl sites for hydroxylation is 1. The van der Waals surface area contributed by atoms with Gasteiger partial charge >= 0.3 is 0 Å². The fourth-order valence-electron chi connectivity index (χ4n) is 0.677. The normalized spacial score (nSPS) is 7.42. The first-order chi connectivity index (χ1) is 5.93. The number of hydrogen-bond donors (Lipinski definition) is 0. The van der Waals surface area contributed by atoms with Crippen LogP contribution in [-0.4, -0.2) is 9.55 Å². The summed E-state index contributed by atoms with van der Waals surface area (Å²) in [7, 11) is 0. The second-order valence-corrected chi connectivity index (χ2v) is 1.80. The van der Waals surface area contributed by atoms with Crippen LogP contribution in [0.4, 0.5) is 0 Å². The van der Waals surface area contributed by atoms with Gasteiger partial charge in [-0.05, 0) is 6.42 Å². The van der Waals surface area contributed by atoms with Crippen molar-refractivity contribution in [3.05, 3.63) is 18.7 Å². The smallest absolute Gasteiger partial charge is 0.0945 e. The van der Waals surface area contributed by atoms with E-state index in [1.807, 2.05) is 40.2 Å². The second-order valence-electron chi connectivity index (χ2n) is 1.80. The van der Waals surface area contributed by atoms with Crippen molar-refractivity contribution in [1.29, 1.82) is 0 Å². The molecule has 0 saturated heterocycles. The molecule has 0 aliphatic rings. The number of aromatic nitrogens is 2. The first-order valence-electron chi connectivity index (χ1n) is 4.89. The van der Waals surface area contributed by atoms with Crippen molar-refractivity contribution < 1.29 is 0 Å². The fourth-order valence-corrected chi connectivity index (χ4v) is 0.677. The van der Waals surface area contributed by atoms with Crippen LogP contribution >= 0.6 is 0 Å². The maximum atomic E-state index is 3.90. The second kappa shape index (κ2) is 12.8. The predicted molar refractivity (Wildman–Crippen MR) is 55.2 cm³/mol. The van der Waals surface area contributed by atoms with Crippen molar-refractivity contribution >= 4 is 0 Å². The minimum absolute atomic E-state index is 1.08. The molecule has 0 fully saturated rings. The van der Waals surface area contributed by atoms with Crippen molar-refractivity contribution in [2.24, 2.45) is 0 Å². The molecular formula is C10H22N2. The molecule has 12 heavy (non-hydrogen) atoms. The topological polar surface area (TPSA) is 17.8 Å². The first kappa shape index (κ1) is 13.8. The number of rotatable bonds is 2. The summed E-state index contributed by atoms with van der Waals surface area (Å²) >= 11 is 0. The molecule has 72 valence electrons. The Labute approximate surface area is 76.6 Å². The molecule has 0 aliphatic heterocycles. The molecule has 0 aromatic carbocycles. The zero-order chi connectivity index (χ0) is 9.82. The summed E-state index contributed by atoms with van der Waals surface area (Å²) in [6.07, 6.45) is 6.79. The molecule has 0 N–H and O–H groups in total. The lowest BCUT2D eigenvalue weighted by Crippen LogP contribution is -1.90. The fraction of sp³-hybridized carbons (Fsp3) is 0.700. The van der Waals surface area contributed by atoms with Crippen LogP contribution < -0.4 is 0 Å². The Morgan fingerprint density at radius 3 is 2.08 bits per heavy atom. The first-order valence-corrected chi connectivity index (χ1v) is 4.89. The third-order valence-corrected chi connectivity index (χ3v) is 1.04. The van der Waals surface area contributed by atoms with Gasteiger partial charge in [-0.25, -0.2) is 4.98 Å². The maximum Gasteiger partial charge on any atom is 0.0945 e. The molecule has 0 radical (unpaired) electrons. The highest BCUT2D eigenvalue weighted by atomic mass is 15.0. The van der Waals surface area contributed by atoms with E-state index < -0.39 is 0 Å². The molecule has 1 heterocycles. The van der Waals surface area contributed by atoms with Crippen molar-refractivity contribution in [1.82, 2.24) is 9.55 Å². The Bertz CT molecular complexity index is 134. The highest BCUT2D eigenvalue weighted by Crippen LogP contribution is 1.87. The van der Waals surface area contributed by atoms with E-state index in [0.29, 0.717) is 0 Å². The molecule has 1 rings (SSSR count). The summed E-state index contributed by atoms with van der Waals surface area (Å²) < 4.78 is 2.07. The van der Waals surface area contributed by atoms with Crippen molar-refractivity contribution in [2.75, 3.05) is 0 Å². The largest absolute Gasteiger partial charge is 0.338 e. The lowest BCUT2D eigenvalue weighted by molar-refractivity contribution is 0.678. The van der Waals surface area contributed by atoms with Gasteiger partial charge in [-0.15, -0.1) is 0 Å². The average Bonchev–Trinajstić information content (AvgIpc) is 2.65. The lowest BCUT2D eigenvalue weighted by atomic mass is 10.5. The Morgan fingerprint density at radius 2 is 1.75 bits per heavy atom. The van der Waals surface area contributed by atoms with Crippen molar-refractivity contribution in [3.63, 3.8) is 0 Å². The number of nitrogens with zero attached hydrogens (tertiary/aromatic N) is 2. The van der Waals surface area contributed by atoms with Gasteiger partial charge in [0.15, 0.2) is 0 Å². The molecule has 2 nitrogen and oxygen atoms in total. The molecule has 2 heteroatoms. The van der Waals surface area contributed by atoms with E-state index >= 15 is 0 Å². The van der Waals surface area contributed by atoms with Gasteiger partial charge in [0.25, 0.3) is 0 Å². The van der Waals surface area contributed by atoms with Crippen LogP contribution in [0.25, 0.3) is 0 Å². The van der Waals surface area contributed by atoms with Crippen molar-refractivity contribution in [3.8, 4) is 0 Å². The summed E-state index contributed by atoms with van der Waals surface area (Å²) in [6, 6.07) is 0. The van der Waals surface area contributed by atoms with E-state index in [-0.39, 0.29) is 0 Å². The van der Waals surface area contributed by atoms with E-state index in [4.69, 9.17) is 0 Å².